The quantitative estimate of drug-likeness (QED) is 0.505. The van der Waals surface area contributed by atoms with Crippen LogP contribution in [0.2, 0.25) is 0 Å². The monoisotopic (exact) mass is 178 g/mol. The average Bonchev–Trinajstić information content (AvgIpc) is 1.84. The fraction of sp³-hybridized carbons (Fsp3) is 0.400. The summed E-state index contributed by atoms with van der Waals surface area (Å²) in [6.07, 6.45) is 0. The van der Waals surface area contributed by atoms with Gasteiger partial charge in [0.25, 0.3) is 0 Å². The highest BCUT2D eigenvalue weighted by molar-refractivity contribution is 9.09. The Labute approximate surface area is 56.3 Å². The number of rotatable bonds is 3. The van der Waals surface area contributed by atoms with Gasteiger partial charge in [-0.05, 0) is 0 Å². The number of hydrogen-bond donors (Lipinski definition) is 1. The summed E-state index contributed by atoms with van der Waals surface area (Å²) in [5.74, 6) is -0.304. The van der Waals surface area contributed by atoms with Gasteiger partial charge < -0.3 is 5.11 Å². The number of alkyl halides is 1. The van der Waals surface area contributed by atoms with E-state index in [0.717, 1.165) is 0 Å². The van der Waals surface area contributed by atoms with Gasteiger partial charge in [0.05, 0.1) is 0 Å². The van der Waals surface area contributed by atoms with Crippen molar-refractivity contribution in [1.29, 1.82) is 0 Å². The van der Waals surface area contributed by atoms with Crippen LogP contribution in [0.3, 0.4) is 0 Å². The van der Waals surface area contributed by atoms with E-state index in [1.54, 1.807) is 0 Å². The summed E-state index contributed by atoms with van der Waals surface area (Å²) in [7, 11) is 0. The van der Waals surface area contributed by atoms with Crippen molar-refractivity contribution in [2.45, 2.75) is 0 Å². The van der Waals surface area contributed by atoms with Crippen LogP contribution in [0, 0.1) is 0 Å². The third-order valence-electron chi connectivity index (χ3n) is 0.699. The predicted molar refractivity (Wildman–Crippen MR) is 35.0 cm³/mol. The summed E-state index contributed by atoms with van der Waals surface area (Å²) in [4.78, 5) is 10.4. The second-order valence-corrected chi connectivity index (χ2v) is 1.88. The second-order valence-electron chi connectivity index (χ2n) is 1.32. The SMILES string of the molecule is C=C(CBr)C(=O)CO. The summed E-state index contributed by atoms with van der Waals surface area (Å²) in [6, 6.07) is 0. The number of aliphatic hydroxyl groups excluding tert-OH is 1. The highest BCUT2D eigenvalue weighted by Crippen LogP contribution is 1.95. The van der Waals surface area contributed by atoms with Crippen LogP contribution in [0.1, 0.15) is 0 Å². The zero-order valence-electron chi connectivity index (χ0n) is 4.35. The zero-order chi connectivity index (χ0) is 6.57. The fourth-order valence-electron chi connectivity index (χ4n) is 0.186. The third-order valence-corrected chi connectivity index (χ3v) is 1.38. The molecular weight excluding hydrogens is 172 g/mol. The molecule has 2 nitrogen and oxygen atoms in total. The van der Waals surface area contributed by atoms with Crippen LogP contribution in [0.5, 0.6) is 0 Å². The lowest BCUT2D eigenvalue weighted by Crippen LogP contribution is -2.06. The molecular formula is C5H7BrO2. The van der Waals surface area contributed by atoms with Gasteiger partial charge >= 0.3 is 0 Å². The van der Waals surface area contributed by atoms with Crippen molar-refractivity contribution in [3.05, 3.63) is 12.2 Å². The van der Waals surface area contributed by atoms with Crippen LogP contribution in [0.4, 0.5) is 0 Å². The lowest BCUT2D eigenvalue weighted by molar-refractivity contribution is -0.118. The van der Waals surface area contributed by atoms with Gasteiger partial charge in [-0.3, -0.25) is 4.79 Å². The van der Waals surface area contributed by atoms with Crippen molar-refractivity contribution in [2.75, 3.05) is 11.9 Å². The molecule has 0 unspecified atom stereocenters. The van der Waals surface area contributed by atoms with Gasteiger partial charge in [-0.15, -0.1) is 0 Å². The van der Waals surface area contributed by atoms with Crippen LogP contribution < -0.4 is 0 Å². The molecule has 0 rings (SSSR count). The van der Waals surface area contributed by atoms with Gasteiger partial charge in [0.2, 0.25) is 0 Å². The van der Waals surface area contributed by atoms with Crippen LogP contribution in [0.25, 0.3) is 0 Å². The molecule has 0 amide bonds. The molecule has 0 aromatic rings. The molecule has 0 aromatic heterocycles. The number of Topliss-reactive ketones (excluding diaryl/α,β-unsaturated/α-hetero) is 1. The van der Waals surface area contributed by atoms with Gasteiger partial charge in [-0.2, -0.15) is 0 Å². The molecule has 0 aliphatic heterocycles. The molecule has 8 heavy (non-hydrogen) atoms. The van der Waals surface area contributed by atoms with Crippen molar-refractivity contribution < 1.29 is 9.90 Å². The molecule has 0 radical (unpaired) electrons. The first-order chi connectivity index (χ1) is 3.72. The maximum Gasteiger partial charge on any atom is 0.184 e. The smallest absolute Gasteiger partial charge is 0.184 e. The number of carbonyl (C=O) groups excluding carboxylic acids is 1. The Morgan fingerprint density at radius 2 is 2.25 bits per heavy atom. The van der Waals surface area contributed by atoms with Crippen molar-refractivity contribution in [3.63, 3.8) is 0 Å². The van der Waals surface area contributed by atoms with Gasteiger partial charge in [0, 0.05) is 10.9 Å². The Morgan fingerprint density at radius 1 is 1.75 bits per heavy atom. The number of hydrogen-bond acceptors (Lipinski definition) is 2. The fourth-order valence-corrected chi connectivity index (χ4v) is 0.499. The van der Waals surface area contributed by atoms with E-state index in [4.69, 9.17) is 5.11 Å². The average molecular weight is 179 g/mol. The van der Waals surface area contributed by atoms with E-state index in [-0.39, 0.29) is 5.78 Å². The Hall–Kier alpha value is -0.150. The van der Waals surface area contributed by atoms with Crippen LogP contribution in [0.15, 0.2) is 12.2 Å². The molecule has 1 N–H and O–H groups in total. The second kappa shape index (κ2) is 3.80. The summed E-state index contributed by atoms with van der Waals surface area (Å²) in [5, 5.41) is 8.64. The molecule has 0 fully saturated rings. The number of ketones is 1. The number of carbonyl (C=O) groups is 1. The molecule has 0 spiro atoms. The van der Waals surface area contributed by atoms with E-state index in [1.807, 2.05) is 0 Å². The molecule has 3 heteroatoms. The molecule has 0 atom stereocenters. The highest BCUT2D eigenvalue weighted by Gasteiger charge is 2.00. The highest BCUT2D eigenvalue weighted by atomic mass is 79.9. The van der Waals surface area contributed by atoms with Crippen LogP contribution in [-0.4, -0.2) is 22.8 Å². The topological polar surface area (TPSA) is 37.3 Å². The summed E-state index contributed by atoms with van der Waals surface area (Å²) < 4.78 is 0. The largest absolute Gasteiger partial charge is 0.388 e. The van der Waals surface area contributed by atoms with Crippen LogP contribution in [-0.2, 0) is 4.79 Å². The number of aliphatic hydroxyl groups is 1. The van der Waals surface area contributed by atoms with Gasteiger partial charge in [0.1, 0.15) is 6.61 Å². The minimum Gasteiger partial charge on any atom is -0.388 e. The molecule has 0 heterocycles. The van der Waals surface area contributed by atoms with Gasteiger partial charge in [-0.1, -0.05) is 22.5 Å². The van der Waals surface area contributed by atoms with E-state index in [9.17, 15) is 4.79 Å². The van der Waals surface area contributed by atoms with Gasteiger partial charge in [0.15, 0.2) is 5.78 Å². The Morgan fingerprint density at radius 3 is 2.38 bits per heavy atom. The van der Waals surface area contributed by atoms with E-state index in [0.29, 0.717) is 10.9 Å². The van der Waals surface area contributed by atoms with Crippen LogP contribution >= 0.6 is 15.9 Å². The van der Waals surface area contributed by atoms with Crippen molar-refractivity contribution in [1.82, 2.24) is 0 Å². The van der Waals surface area contributed by atoms with E-state index in [1.165, 1.54) is 0 Å². The summed E-state index contributed by atoms with van der Waals surface area (Å²) >= 11 is 3.02. The molecule has 46 valence electrons. The first-order valence-corrected chi connectivity index (χ1v) is 3.22. The molecule has 0 aliphatic rings. The zero-order valence-corrected chi connectivity index (χ0v) is 5.94. The van der Waals surface area contributed by atoms with E-state index >= 15 is 0 Å². The third kappa shape index (κ3) is 2.23. The number of halogens is 1. The summed E-state index contributed by atoms with van der Waals surface area (Å²) in [6.45, 7) is 2.95. The summed E-state index contributed by atoms with van der Waals surface area (Å²) in [5.41, 5.74) is 0.410. The first-order valence-electron chi connectivity index (χ1n) is 2.10. The Balaban J connectivity index is 3.64. The maximum absolute atomic E-state index is 10.4. The lowest BCUT2D eigenvalue weighted by atomic mass is 10.2. The molecule has 0 aliphatic carbocycles. The Bertz CT molecular complexity index is 95.0. The Kier molecular flexibility index (Phi) is 3.73. The lowest BCUT2D eigenvalue weighted by Gasteiger charge is -1.92. The van der Waals surface area contributed by atoms with Crippen molar-refractivity contribution in [2.24, 2.45) is 0 Å². The molecule has 0 saturated carbocycles. The molecule has 0 aromatic carbocycles. The standard InChI is InChI=1S/C5H7BrO2/c1-4(2-6)5(8)3-7/h7H,1-3H2. The minimum atomic E-state index is -0.440. The van der Waals surface area contributed by atoms with E-state index in [2.05, 4.69) is 22.5 Å². The van der Waals surface area contributed by atoms with Crippen molar-refractivity contribution >= 4 is 21.7 Å². The first kappa shape index (κ1) is 7.85. The van der Waals surface area contributed by atoms with Crippen molar-refractivity contribution in [3.8, 4) is 0 Å². The van der Waals surface area contributed by atoms with Gasteiger partial charge in [-0.25, -0.2) is 0 Å². The molecule has 0 saturated heterocycles. The van der Waals surface area contributed by atoms with E-state index < -0.39 is 6.61 Å². The predicted octanol–water partition coefficient (Wildman–Crippen LogP) is 0.499. The molecule has 0 bridgehead atoms. The normalized spacial score (nSPS) is 8.75. The minimum absolute atomic E-state index is 0.304. The maximum atomic E-state index is 10.4.